The summed E-state index contributed by atoms with van der Waals surface area (Å²) in [6, 6.07) is 0. The maximum atomic E-state index is 11.4. The van der Waals surface area contributed by atoms with Gasteiger partial charge in [-0.3, -0.25) is 9.69 Å². The molecule has 0 aromatic heterocycles. The molecule has 0 amide bonds. The van der Waals surface area contributed by atoms with Gasteiger partial charge in [-0.25, -0.2) is 0 Å². The largest absolute Gasteiger partial charge is 0.481 e. The van der Waals surface area contributed by atoms with Gasteiger partial charge in [0.1, 0.15) is 0 Å². The summed E-state index contributed by atoms with van der Waals surface area (Å²) >= 11 is 0. The highest BCUT2D eigenvalue weighted by Gasteiger charge is 2.31. The van der Waals surface area contributed by atoms with Gasteiger partial charge in [0.05, 0.1) is 5.92 Å². The number of aliphatic carboxylic acids is 1. The van der Waals surface area contributed by atoms with Gasteiger partial charge in [0.15, 0.2) is 0 Å². The second-order valence-electron chi connectivity index (χ2n) is 5.39. The molecule has 1 aliphatic carbocycles. The van der Waals surface area contributed by atoms with Crippen molar-refractivity contribution in [2.24, 2.45) is 11.8 Å². The zero-order chi connectivity index (χ0) is 12.1. The van der Waals surface area contributed by atoms with Crippen molar-refractivity contribution in [3.05, 3.63) is 0 Å². The summed E-state index contributed by atoms with van der Waals surface area (Å²) in [6.07, 6.45) is 5.95. The summed E-state index contributed by atoms with van der Waals surface area (Å²) in [5.74, 6) is -0.319. The van der Waals surface area contributed by atoms with E-state index in [1.54, 1.807) is 0 Å². The van der Waals surface area contributed by atoms with Crippen LogP contribution in [0.3, 0.4) is 0 Å². The molecule has 1 heterocycles. The van der Waals surface area contributed by atoms with Gasteiger partial charge in [-0.1, -0.05) is 19.3 Å². The minimum atomic E-state index is -0.588. The first-order chi connectivity index (χ1) is 8.27. The summed E-state index contributed by atoms with van der Waals surface area (Å²) in [7, 11) is 0. The maximum Gasteiger partial charge on any atom is 0.308 e. The molecule has 0 bridgehead atoms. The van der Waals surface area contributed by atoms with Crippen LogP contribution in [0.5, 0.6) is 0 Å². The summed E-state index contributed by atoms with van der Waals surface area (Å²) in [5, 5.41) is 12.7. The highest BCUT2D eigenvalue weighted by molar-refractivity contribution is 5.70. The Morgan fingerprint density at radius 3 is 2.47 bits per heavy atom. The van der Waals surface area contributed by atoms with Crippen LogP contribution >= 0.6 is 0 Å². The second-order valence-corrected chi connectivity index (χ2v) is 5.39. The van der Waals surface area contributed by atoms with Crippen molar-refractivity contribution < 1.29 is 9.90 Å². The number of hydrogen-bond donors (Lipinski definition) is 2. The topological polar surface area (TPSA) is 52.6 Å². The number of carbonyl (C=O) groups is 1. The van der Waals surface area contributed by atoms with E-state index in [4.69, 9.17) is 0 Å². The predicted octanol–water partition coefficient (Wildman–Crippen LogP) is 1.17. The fourth-order valence-corrected chi connectivity index (χ4v) is 3.14. The van der Waals surface area contributed by atoms with E-state index in [9.17, 15) is 9.90 Å². The first-order valence-corrected chi connectivity index (χ1v) is 6.93. The van der Waals surface area contributed by atoms with Crippen LogP contribution in [0.1, 0.15) is 32.1 Å². The summed E-state index contributed by atoms with van der Waals surface area (Å²) in [5.41, 5.74) is 0. The molecule has 2 aliphatic rings. The Hall–Kier alpha value is -0.610. The molecular formula is C13H24N2O2. The van der Waals surface area contributed by atoms with Gasteiger partial charge in [0, 0.05) is 32.7 Å². The second kappa shape index (κ2) is 6.36. The van der Waals surface area contributed by atoms with E-state index in [2.05, 4.69) is 10.2 Å². The Morgan fingerprint density at radius 2 is 1.88 bits per heavy atom. The van der Waals surface area contributed by atoms with E-state index < -0.39 is 5.97 Å². The molecule has 1 unspecified atom stereocenters. The molecule has 0 spiro atoms. The lowest BCUT2D eigenvalue weighted by Crippen LogP contribution is -2.47. The Labute approximate surface area is 103 Å². The van der Waals surface area contributed by atoms with Crippen LogP contribution in [0, 0.1) is 11.8 Å². The monoisotopic (exact) mass is 240 g/mol. The molecule has 2 N–H and O–H groups in total. The van der Waals surface area contributed by atoms with Gasteiger partial charge < -0.3 is 10.4 Å². The highest BCUT2D eigenvalue weighted by Crippen LogP contribution is 2.30. The van der Waals surface area contributed by atoms with E-state index >= 15 is 0 Å². The van der Waals surface area contributed by atoms with Gasteiger partial charge >= 0.3 is 5.97 Å². The van der Waals surface area contributed by atoms with Crippen LogP contribution in [-0.2, 0) is 4.79 Å². The normalized spacial score (nSPS) is 25.6. The molecule has 1 saturated heterocycles. The number of piperazine rings is 1. The lowest BCUT2D eigenvalue weighted by Gasteiger charge is -2.34. The number of nitrogens with one attached hydrogen (secondary N) is 1. The fourth-order valence-electron chi connectivity index (χ4n) is 3.14. The van der Waals surface area contributed by atoms with E-state index in [1.807, 2.05) is 0 Å². The number of carboxylic acid groups (broad SMARTS) is 1. The summed E-state index contributed by atoms with van der Waals surface area (Å²) < 4.78 is 0. The zero-order valence-electron chi connectivity index (χ0n) is 10.5. The fraction of sp³-hybridized carbons (Fsp3) is 0.923. The van der Waals surface area contributed by atoms with Crippen molar-refractivity contribution in [3.63, 3.8) is 0 Å². The molecule has 98 valence electrons. The Balaban J connectivity index is 1.88. The van der Waals surface area contributed by atoms with E-state index in [0.717, 1.165) is 45.6 Å². The average molecular weight is 240 g/mol. The molecule has 4 nitrogen and oxygen atoms in total. The Kier molecular flexibility index (Phi) is 4.80. The first kappa shape index (κ1) is 12.8. The third-order valence-electron chi connectivity index (χ3n) is 4.20. The first-order valence-electron chi connectivity index (χ1n) is 6.93. The van der Waals surface area contributed by atoms with Crippen molar-refractivity contribution in [1.29, 1.82) is 0 Å². The van der Waals surface area contributed by atoms with E-state index in [-0.39, 0.29) is 5.92 Å². The molecule has 0 aromatic rings. The average Bonchev–Trinajstić information content (AvgIpc) is 2.38. The molecule has 1 aliphatic heterocycles. The number of nitrogens with zero attached hydrogens (tertiary/aromatic N) is 1. The third-order valence-corrected chi connectivity index (χ3v) is 4.20. The van der Waals surface area contributed by atoms with Crippen LogP contribution in [0.4, 0.5) is 0 Å². The quantitative estimate of drug-likeness (QED) is 0.774. The van der Waals surface area contributed by atoms with Gasteiger partial charge in [0.2, 0.25) is 0 Å². The lowest BCUT2D eigenvalue weighted by molar-refractivity contribution is -0.145. The predicted molar refractivity (Wildman–Crippen MR) is 67.0 cm³/mol. The minimum absolute atomic E-state index is 0.145. The molecule has 17 heavy (non-hydrogen) atoms. The Bertz CT molecular complexity index is 246. The maximum absolute atomic E-state index is 11.4. The molecule has 2 rings (SSSR count). The van der Waals surface area contributed by atoms with E-state index in [1.165, 1.54) is 19.3 Å². The minimum Gasteiger partial charge on any atom is -0.481 e. The van der Waals surface area contributed by atoms with Gasteiger partial charge in [-0.2, -0.15) is 0 Å². The molecule has 0 aromatic carbocycles. The third kappa shape index (κ3) is 3.68. The molecular weight excluding hydrogens is 216 g/mol. The smallest absolute Gasteiger partial charge is 0.308 e. The lowest BCUT2D eigenvalue weighted by atomic mass is 9.79. The van der Waals surface area contributed by atoms with Gasteiger partial charge in [-0.15, -0.1) is 0 Å². The number of carboxylic acids is 1. The van der Waals surface area contributed by atoms with Crippen LogP contribution in [0.25, 0.3) is 0 Å². The van der Waals surface area contributed by atoms with E-state index in [0.29, 0.717) is 5.92 Å². The van der Waals surface area contributed by atoms with Crippen LogP contribution in [0.15, 0.2) is 0 Å². The number of hydrogen-bond acceptors (Lipinski definition) is 3. The Morgan fingerprint density at radius 1 is 1.24 bits per heavy atom. The molecule has 1 saturated carbocycles. The van der Waals surface area contributed by atoms with Crippen molar-refractivity contribution in [2.45, 2.75) is 32.1 Å². The molecule has 4 heteroatoms. The zero-order valence-corrected chi connectivity index (χ0v) is 10.5. The summed E-state index contributed by atoms with van der Waals surface area (Å²) in [4.78, 5) is 13.7. The van der Waals surface area contributed by atoms with Crippen molar-refractivity contribution in [3.8, 4) is 0 Å². The number of rotatable bonds is 4. The van der Waals surface area contributed by atoms with Crippen molar-refractivity contribution in [2.75, 3.05) is 32.7 Å². The van der Waals surface area contributed by atoms with Crippen LogP contribution < -0.4 is 5.32 Å². The van der Waals surface area contributed by atoms with Crippen molar-refractivity contribution in [1.82, 2.24) is 10.2 Å². The van der Waals surface area contributed by atoms with Gasteiger partial charge in [0.25, 0.3) is 0 Å². The SMILES string of the molecule is O=C(O)C(CN1CCNCC1)C1CCCCC1. The van der Waals surface area contributed by atoms with Gasteiger partial charge in [-0.05, 0) is 18.8 Å². The highest BCUT2D eigenvalue weighted by atomic mass is 16.4. The summed E-state index contributed by atoms with van der Waals surface area (Å²) in [6.45, 7) is 4.74. The van der Waals surface area contributed by atoms with Crippen LogP contribution in [0.2, 0.25) is 0 Å². The molecule has 2 fully saturated rings. The molecule has 0 radical (unpaired) electrons. The molecule has 1 atom stereocenters. The van der Waals surface area contributed by atoms with Crippen molar-refractivity contribution >= 4 is 5.97 Å². The standard InChI is InChI=1S/C13H24N2O2/c16-13(17)12(11-4-2-1-3-5-11)10-15-8-6-14-7-9-15/h11-12,14H,1-10H2,(H,16,17). The van der Waals surface area contributed by atoms with Crippen LogP contribution in [-0.4, -0.2) is 48.7 Å².